The molecule has 1 aliphatic rings. The molecule has 2 aromatic carbocycles. The Balaban J connectivity index is 1.48. The van der Waals surface area contributed by atoms with Crippen molar-refractivity contribution >= 4 is 11.8 Å². The van der Waals surface area contributed by atoms with Gasteiger partial charge in [-0.05, 0) is 37.6 Å². The maximum absolute atomic E-state index is 13.4. The Morgan fingerprint density at radius 1 is 1.28 bits per heavy atom. The summed E-state index contributed by atoms with van der Waals surface area (Å²) >= 11 is 0. The lowest BCUT2D eigenvalue weighted by atomic mass is 10.2. The third-order valence-corrected chi connectivity index (χ3v) is 4.86. The first-order chi connectivity index (χ1) is 14.0. The Kier molecular flexibility index (Phi) is 5.16. The predicted molar refractivity (Wildman–Crippen MR) is 106 cm³/mol. The molecule has 0 bridgehead atoms. The fraction of sp³-hybridized carbons (Fsp3) is 0.286. The second kappa shape index (κ2) is 7.90. The smallest absolute Gasteiger partial charge is 0.323 e. The number of hydrogen-bond acceptors (Lipinski definition) is 4. The van der Waals surface area contributed by atoms with Crippen molar-refractivity contribution in [3.8, 4) is 5.75 Å². The number of nitrogens with one attached hydrogen (secondary N) is 1. The molecule has 1 aliphatic heterocycles. The highest BCUT2D eigenvalue weighted by Gasteiger charge is 2.24. The minimum atomic E-state index is -0.299. The molecule has 2 heterocycles. The minimum Gasteiger partial charge on any atom is -0.489 e. The number of carbonyl (C=O) groups is 1. The molecule has 4 rings (SSSR count). The molecule has 8 heteroatoms. The Morgan fingerprint density at radius 3 is 2.93 bits per heavy atom. The van der Waals surface area contributed by atoms with Gasteiger partial charge in [0.25, 0.3) is 0 Å². The van der Waals surface area contributed by atoms with Gasteiger partial charge in [-0.3, -0.25) is 5.32 Å². The zero-order valence-corrected chi connectivity index (χ0v) is 16.3. The summed E-state index contributed by atoms with van der Waals surface area (Å²) in [4.78, 5) is 14.6. The molecule has 1 unspecified atom stereocenters. The van der Waals surface area contributed by atoms with Crippen molar-refractivity contribution in [2.45, 2.75) is 33.0 Å². The summed E-state index contributed by atoms with van der Waals surface area (Å²) in [7, 11) is 0. The number of nitrogens with zero attached hydrogens (tertiary/aromatic N) is 4. The number of aromatic nitrogens is 3. The van der Waals surface area contributed by atoms with E-state index in [1.807, 2.05) is 44.2 Å². The first kappa shape index (κ1) is 18.9. The first-order valence-corrected chi connectivity index (χ1v) is 9.44. The summed E-state index contributed by atoms with van der Waals surface area (Å²) in [5.41, 5.74) is 2.42. The maximum atomic E-state index is 13.4. The lowest BCUT2D eigenvalue weighted by molar-refractivity contribution is 0.166. The Hall–Kier alpha value is -3.42. The maximum Gasteiger partial charge on any atom is 0.323 e. The number of urea groups is 1. The molecular formula is C21H22FN5O2. The van der Waals surface area contributed by atoms with Gasteiger partial charge in [-0.25, -0.2) is 13.9 Å². The van der Waals surface area contributed by atoms with E-state index in [0.29, 0.717) is 31.1 Å². The summed E-state index contributed by atoms with van der Waals surface area (Å²) in [6.45, 7) is 5.02. The van der Waals surface area contributed by atoms with Crippen LogP contribution in [0, 0.1) is 12.7 Å². The van der Waals surface area contributed by atoms with E-state index in [4.69, 9.17) is 4.74 Å². The lowest BCUT2D eigenvalue weighted by Gasteiger charge is -2.22. The molecule has 0 spiro atoms. The normalized spacial score (nSPS) is 16.0. The zero-order valence-electron chi connectivity index (χ0n) is 16.3. The van der Waals surface area contributed by atoms with Gasteiger partial charge in [0.15, 0.2) is 5.82 Å². The summed E-state index contributed by atoms with van der Waals surface area (Å²) in [5, 5.41) is 11.0. The van der Waals surface area contributed by atoms with Crippen LogP contribution in [-0.2, 0) is 13.1 Å². The third-order valence-electron chi connectivity index (χ3n) is 4.86. The van der Waals surface area contributed by atoms with Crippen molar-refractivity contribution < 1.29 is 13.9 Å². The molecule has 0 fully saturated rings. The van der Waals surface area contributed by atoms with Gasteiger partial charge in [0.2, 0.25) is 0 Å². The number of carbonyl (C=O) groups excluding carboxylic acids is 1. The number of rotatable bonds is 3. The summed E-state index contributed by atoms with van der Waals surface area (Å²) in [5.74, 6) is 0.886. The van der Waals surface area contributed by atoms with Gasteiger partial charge in [0.1, 0.15) is 17.7 Å². The summed E-state index contributed by atoms with van der Waals surface area (Å²) in [6, 6.07) is 13.8. The largest absolute Gasteiger partial charge is 0.489 e. The van der Waals surface area contributed by atoms with Crippen LogP contribution in [0.25, 0.3) is 0 Å². The molecule has 7 nitrogen and oxygen atoms in total. The van der Waals surface area contributed by atoms with E-state index in [1.54, 1.807) is 15.6 Å². The van der Waals surface area contributed by atoms with E-state index in [0.717, 1.165) is 16.9 Å². The monoisotopic (exact) mass is 395 g/mol. The van der Waals surface area contributed by atoms with Gasteiger partial charge >= 0.3 is 6.03 Å². The van der Waals surface area contributed by atoms with E-state index < -0.39 is 0 Å². The molecule has 0 aliphatic carbocycles. The van der Waals surface area contributed by atoms with Crippen LogP contribution in [0.4, 0.5) is 15.0 Å². The van der Waals surface area contributed by atoms with E-state index in [2.05, 4.69) is 15.6 Å². The van der Waals surface area contributed by atoms with Crippen LogP contribution in [-0.4, -0.2) is 38.6 Å². The standard InChI is InChI=1S/C21H22FN5O2/c1-14-11-26(13-17-7-3-4-9-19(17)29-14)21(28)23-20-15(2)27(25-24-20)12-16-6-5-8-18(22)10-16/h3-10,14H,11-13H2,1-2H3,(H,23,28). The second-order valence-corrected chi connectivity index (χ2v) is 7.16. The predicted octanol–water partition coefficient (Wildman–Crippen LogP) is 3.59. The number of halogens is 1. The first-order valence-electron chi connectivity index (χ1n) is 9.44. The van der Waals surface area contributed by atoms with Crippen molar-refractivity contribution in [2.24, 2.45) is 0 Å². The molecule has 150 valence electrons. The average molecular weight is 395 g/mol. The van der Waals surface area contributed by atoms with Crippen molar-refractivity contribution in [1.29, 1.82) is 0 Å². The molecular weight excluding hydrogens is 373 g/mol. The van der Waals surface area contributed by atoms with Crippen LogP contribution < -0.4 is 10.1 Å². The van der Waals surface area contributed by atoms with Crippen molar-refractivity contribution in [1.82, 2.24) is 19.9 Å². The highest BCUT2D eigenvalue weighted by Crippen LogP contribution is 2.25. The van der Waals surface area contributed by atoms with E-state index in [1.165, 1.54) is 12.1 Å². The van der Waals surface area contributed by atoms with Gasteiger partial charge in [0.05, 0.1) is 25.3 Å². The number of anilines is 1. The van der Waals surface area contributed by atoms with Crippen molar-refractivity contribution in [3.05, 3.63) is 71.2 Å². The van der Waals surface area contributed by atoms with Crippen LogP contribution in [0.1, 0.15) is 23.7 Å². The van der Waals surface area contributed by atoms with Crippen LogP contribution in [0.2, 0.25) is 0 Å². The van der Waals surface area contributed by atoms with Gasteiger partial charge < -0.3 is 9.64 Å². The third kappa shape index (κ3) is 4.21. The SMILES string of the molecule is Cc1c(NC(=O)N2Cc3ccccc3OC(C)C2)nnn1Cc1cccc(F)c1. The molecule has 0 radical (unpaired) electrons. The number of para-hydroxylation sites is 1. The molecule has 0 saturated carbocycles. The fourth-order valence-electron chi connectivity index (χ4n) is 3.35. The van der Waals surface area contributed by atoms with Crippen LogP contribution in [0.5, 0.6) is 5.75 Å². The molecule has 1 N–H and O–H groups in total. The summed E-state index contributed by atoms with van der Waals surface area (Å²) < 4.78 is 20.9. The number of benzene rings is 2. The van der Waals surface area contributed by atoms with E-state index >= 15 is 0 Å². The second-order valence-electron chi connectivity index (χ2n) is 7.16. The van der Waals surface area contributed by atoms with Crippen molar-refractivity contribution in [3.63, 3.8) is 0 Å². The Morgan fingerprint density at radius 2 is 2.10 bits per heavy atom. The number of ether oxygens (including phenoxy) is 1. The van der Waals surface area contributed by atoms with Crippen LogP contribution in [0.15, 0.2) is 48.5 Å². The van der Waals surface area contributed by atoms with E-state index in [-0.39, 0.29) is 18.0 Å². The van der Waals surface area contributed by atoms with E-state index in [9.17, 15) is 9.18 Å². The quantitative estimate of drug-likeness (QED) is 0.736. The number of fused-ring (bicyclic) bond motifs is 1. The molecule has 29 heavy (non-hydrogen) atoms. The minimum absolute atomic E-state index is 0.130. The Labute approximate surface area is 168 Å². The fourth-order valence-corrected chi connectivity index (χ4v) is 3.35. The lowest BCUT2D eigenvalue weighted by Crippen LogP contribution is -2.39. The highest BCUT2D eigenvalue weighted by molar-refractivity contribution is 5.88. The van der Waals surface area contributed by atoms with Crippen molar-refractivity contribution in [2.75, 3.05) is 11.9 Å². The summed E-state index contributed by atoms with van der Waals surface area (Å²) in [6.07, 6.45) is -0.130. The average Bonchev–Trinajstić information content (AvgIpc) is 2.92. The highest BCUT2D eigenvalue weighted by atomic mass is 19.1. The molecule has 0 saturated heterocycles. The molecule has 1 aromatic heterocycles. The molecule has 2 amide bonds. The molecule has 3 aromatic rings. The van der Waals surface area contributed by atoms with Gasteiger partial charge in [-0.15, -0.1) is 5.10 Å². The van der Waals surface area contributed by atoms with Gasteiger partial charge in [0, 0.05) is 5.56 Å². The topological polar surface area (TPSA) is 72.3 Å². The Bertz CT molecular complexity index is 1040. The van der Waals surface area contributed by atoms with Gasteiger partial charge in [-0.1, -0.05) is 35.5 Å². The number of hydrogen-bond donors (Lipinski definition) is 1. The van der Waals surface area contributed by atoms with Gasteiger partial charge in [-0.2, -0.15) is 0 Å². The molecule has 1 atom stereocenters. The van der Waals surface area contributed by atoms with Crippen LogP contribution >= 0.6 is 0 Å². The number of amides is 2. The zero-order chi connectivity index (χ0) is 20.4. The van der Waals surface area contributed by atoms with Crippen LogP contribution in [0.3, 0.4) is 0 Å².